The molecule has 2 aromatic carbocycles. The second-order valence-corrected chi connectivity index (χ2v) is 10.9. The van der Waals surface area contributed by atoms with Crippen LogP contribution in [0.1, 0.15) is 53.1 Å². The maximum absolute atomic E-state index is 13.8. The highest BCUT2D eigenvalue weighted by molar-refractivity contribution is 6.32. The Morgan fingerprint density at radius 3 is 2.72 bits per heavy atom. The molecule has 0 aliphatic carbocycles. The van der Waals surface area contributed by atoms with E-state index < -0.39 is 11.6 Å². The lowest BCUT2D eigenvalue weighted by Gasteiger charge is -2.26. The van der Waals surface area contributed by atoms with Gasteiger partial charge in [0.05, 0.1) is 35.4 Å². The average molecular weight is 544 g/mol. The van der Waals surface area contributed by atoms with Crippen molar-refractivity contribution in [2.24, 2.45) is 0 Å². The largest absolute Gasteiger partial charge is 0.460 e. The van der Waals surface area contributed by atoms with E-state index in [4.69, 9.17) is 21.3 Å². The molecule has 39 heavy (non-hydrogen) atoms. The number of pyridine rings is 2. The molecule has 0 spiro atoms. The molecule has 6 rings (SSSR count). The van der Waals surface area contributed by atoms with Crippen LogP contribution < -0.4 is 10.9 Å². The number of hydrogen-bond donors (Lipinski definition) is 2. The number of aryl methyl sites for hydroxylation is 1. The number of rotatable bonds is 6. The molecule has 4 aromatic rings. The molecule has 1 atom stereocenters. The molecule has 0 fully saturated rings. The number of nitrogens with one attached hydrogen (secondary N) is 1. The van der Waals surface area contributed by atoms with Crippen molar-refractivity contribution in [1.29, 1.82) is 0 Å². The highest BCUT2D eigenvalue weighted by Crippen LogP contribution is 2.41. The molecular formula is C31H30ClN3O4. The third-order valence-electron chi connectivity index (χ3n) is 8.08. The summed E-state index contributed by atoms with van der Waals surface area (Å²) >= 11 is 6.50. The van der Waals surface area contributed by atoms with Crippen molar-refractivity contribution in [3.05, 3.63) is 97.3 Å². The van der Waals surface area contributed by atoms with E-state index in [0.29, 0.717) is 40.6 Å². The lowest BCUT2D eigenvalue weighted by Crippen LogP contribution is -2.32. The van der Waals surface area contributed by atoms with Crippen molar-refractivity contribution >= 4 is 28.5 Å². The van der Waals surface area contributed by atoms with Crippen LogP contribution in [0.4, 0.5) is 0 Å². The molecule has 0 amide bonds. The minimum atomic E-state index is -1.47. The summed E-state index contributed by atoms with van der Waals surface area (Å²) in [5.41, 5.74) is 5.43. The average Bonchev–Trinajstić information content (AvgIpc) is 3.23. The molecule has 0 radical (unpaired) electrons. The Labute approximate surface area is 231 Å². The van der Waals surface area contributed by atoms with Gasteiger partial charge in [-0.3, -0.25) is 9.59 Å². The van der Waals surface area contributed by atoms with Crippen molar-refractivity contribution in [1.82, 2.24) is 14.9 Å². The number of hydrogen-bond acceptors (Lipinski definition) is 6. The van der Waals surface area contributed by atoms with Crippen LogP contribution in [0, 0.1) is 6.92 Å². The summed E-state index contributed by atoms with van der Waals surface area (Å²) in [6.07, 6.45) is 0.988. The van der Waals surface area contributed by atoms with Gasteiger partial charge in [0.1, 0.15) is 12.2 Å². The molecule has 8 heteroatoms. The van der Waals surface area contributed by atoms with Gasteiger partial charge in [0, 0.05) is 22.5 Å². The molecule has 7 nitrogen and oxygen atoms in total. The monoisotopic (exact) mass is 543 g/mol. The number of aliphatic hydroxyl groups is 1. The first-order valence-corrected chi connectivity index (χ1v) is 13.7. The van der Waals surface area contributed by atoms with E-state index >= 15 is 0 Å². The Balaban J connectivity index is 1.46. The van der Waals surface area contributed by atoms with E-state index in [1.807, 2.05) is 37.3 Å². The number of nitrogens with zero attached hydrogens (tertiary/aromatic N) is 2. The number of aromatic nitrogens is 2. The minimum absolute atomic E-state index is 0.149. The maximum atomic E-state index is 13.8. The maximum Gasteiger partial charge on any atom is 0.309 e. The van der Waals surface area contributed by atoms with Crippen LogP contribution >= 0.6 is 11.6 Å². The van der Waals surface area contributed by atoms with Crippen LogP contribution in [0.3, 0.4) is 0 Å². The van der Waals surface area contributed by atoms with Crippen molar-refractivity contribution in [2.75, 3.05) is 6.54 Å². The smallest absolute Gasteiger partial charge is 0.309 e. The van der Waals surface area contributed by atoms with Crippen LogP contribution in [-0.4, -0.2) is 27.2 Å². The Hall–Kier alpha value is -3.52. The first-order chi connectivity index (χ1) is 18.8. The highest BCUT2D eigenvalue weighted by Gasteiger charge is 2.39. The van der Waals surface area contributed by atoms with Crippen LogP contribution in [0.2, 0.25) is 5.02 Å². The standard InChI is InChI=1S/C31H30ClN3O4/c1-3-31(38)14-28(36)39-17-23-24(31)12-27-29-22(16-35(27)30(23)37)21(15-33-10-9-19-7-5-4-6-8-19)20-11-18(2)25(32)13-26(20)34-29/h4-8,11-13,33,38H,3,9-10,14-17H2,1-2H3. The van der Waals surface area contributed by atoms with Crippen LogP contribution in [0.15, 0.2) is 53.3 Å². The molecule has 200 valence electrons. The third kappa shape index (κ3) is 4.44. The first-order valence-electron chi connectivity index (χ1n) is 13.3. The van der Waals surface area contributed by atoms with Gasteiger partial charge >= 0.3 is 5.97 Å². The lowest BCUT2D eigenvalue weighted by molar-refractivity contribution is -0.149. The second kappa shape index (κ2) is 9.90. The number of halogens is 1. The molecule has 0 bridgehead atoms. The third-order valence-corrected chi connectivity index (χ3v) is 8.49. The number of esters is 1. The Morgan fingerprint density at radius 2 is 1.95 bits per heavy atom. The molecule has 0 saturated heterocycles. The molecule has 2 aliphatic heterocycles. The van der Waals surface area contributed by atoms with E-state index in [1.54, 1.807) is 11.5 Å². The van der Waals surface area contributed by atoms with Gasteiger partial charge in [0.15, 0.2) is 0 Å². The lowest BCUT2D eigenvalue weighted by atomic mass is 9.85. The number of benzene rings is 2. The van der Waals surface area contributed by atoms with E-state index in [0.717, 1.165) is 40.6 Å². The Morgan fingerprint density at radius 1 is 1.15 bits per heavy atom. The zero-order valence-corrected chi connectivity index (χ0v) is 22.8. The molecule has 0 saturated carbocycles. The van der Waals surface area contributed by atoms with E-state index in [-0.39, 0.29) is 25.0 Å². The van der Waals surface area contributed by atoms with Gasteiger partial charge in [0.25, 0.3) is 5.56 Å². The van der Waals surface area contributed by atoms with Crippen molar-refractivity contribution in [2.45, 2.75) is 58.4 Å². The topological polar surface area (TPSA) is 93.5 Å². The van der Waals surface area contributed by atoms with Crippen LogP contribution in [0.25, 0.3) is 22.3 Å². The highest BCUT2D eigenvalue weighted by atomic mass is 35.5. The van der Waals surface area contributed by atoms with Gasteiger partial charge in [-0.25, -0.2) is 4.98 Å². The van der Waals surface area contributed by atoms with E-state index in [2.05, 4.69) is 23.5 Å². The zero-order valence-electron chi connectivity index (χ0n) is 22.0. The second-order valence-electron chi connectivity index (χ2n) is 10.5. The molecule has 1 unspecified atom stereocenters. The van der Waals surface area contributed by atoms with E-state index in [1.165, 1.54) is 5.56 Å². The van der Waals surface area contributed by atoms with Crippen LogP contribution in [-0.2, 0) is 41.2 Å². The van der Waals surface area contributed by atoms with E-state index in [9.17, 15) is 14.7 Å². The van der Waals surface area contributed by atoms with Gasteiger partial charge in [0.2, 0.25) is 0 Å². The number of carbonyl (C=O) groups excluding carboxylic acids is 1. The summed E-state index contributed by atoms with van der Waals surface area (Å²) in [7, 11) is 0. The Bertz CT molecular complexity index is 1680. The van der Waals surface area contributed by atoms with Gasteiger partial charge in [-0.1, -0.05) is 48.9 Å². The molecule has 2 aromatic heterocycles. The number of carbonyl (C=O) groups is 1. The fraction of sp³-hybridized carbons (Fsp3) is 0.323. The molecule has 2 N–H and O–H groups in total. The molecule has 4 heterocycles. The quantitative estimate of drug-likeness (QED) is 0.237. The van der Waals surface area contributed by atoms with Gasteiger partial charge in [-0.05, 0) is 66.8 Å². The number of fused-ring (bicyclic) bond motifs is 5. The summed E-state index contributed by atoms with van der Waals surface area (Å²) in [5, 5.41) is 16.6. The molecular weight excluding hydrogens is 514 g/mol. The SMILES string of the molecule is CCC1(O)CC(=O)OCc2c1cc1n(c2=O)Cc2c-1nc1cc(Cl)c(C)cc1c2CNCCc1ccccc1. The first kappa shape index (κ1) is 25.7. The summed E-state index contributed by atoms with van der Waals surface area (Å²) in [6, 6.07) is 16.1. The van der Waals surface area contributed by atoms with Crippen LogP contribution in [0.5, 0.6) is 0 Å². The summed E-state index contributed by atoms with van der Waals surface area (Å²) in [6.45, 7) is 5.39. The van der Waals surface area contributed by atoms with Gasteiger partial charge in [-0.15, -0.1) is 0 Å². The predicted molar refractivity (Wildman–Crippen MR) is 151 cm³/mol. The summed E-state index contributed by atoms with van der Waals surface area (Å²) in [5.74, 6) is -0.515. The van der Waals surface area contributed by atoms with Gasteiger partial charge in [-0.2, -0.15) is 0 Å². The number of cyclic esters (lactones) is 1. The fourth-order valence-corrected chi connectivity index (χ4v) is 5.94. The number of ether oxygens (including phenoxy) is 1. The minimum Gasteiger partial charge on any atom is -0.460 e. The van der Waals surface area contributed by atoms with Crippen molar-refractivity contribution < 1.29 is 14.6 Å². The normalized spacial score (nSPS) is 17.9. The van der Waals surface area contributed by atoms with Crippen molar-refractivity contribution in [3.63, 3.8) is 0 Å². The van der Waals surface area contributed by atoms with Crippen molar-refractivity contribution in [3.8, 4) is 11.4 Å². The Kier molecular flexibility index (Phi) is 6.53. The van der Waals surface area contributed by atoms with Gasteiger partial charge < -0.3 is 19.7 Å². The zero-order chi connectivity index (χ0) is 27.3. The molecule has 2 aliphatic rings. The fourth-order valence-electron chi connectivity index (χ4n) is 5.78. The predicted octanol–water partition coefficient (Wildman–Crippen LogP) is 4.76. The summed E-state index contributed by atoms with van der Waals surface area (Å²) < 4.78 is 6.99. The summed E-state index contributed by atoms with van der Waals surface area (Å²) in [4.78, 5) is 31.0.